The molecule has 1 aromatic rings. The zero-order valence-electron chi connectivity index (χ0n) is 13.4. The molecule has 2 atom stereocenters. The zero-order valence-corrected chi connectivity index (χ0v) is 13.4. The first-order valence-corrected chi connectivity index (χ1v) is 8.78. The molecule has 2 unspecified atom stereocenters. The molecule has 4 saturated carbocycles. The number of aromatic nitrogens is 1. The lowest BCUT2D eigenvalue weighted by Gasteiger charge is -2.60. The van der Waals surface area contributed by atoms with E-state index < -0.39 is 0 Å². The third-order valence-electron chi connectivity index (χ3n) is 6.71. The summed E-state index contributed by atoms with van der Waals surface area (Å²) >= 11 is 0. The van der Waals surface area contributed by atoms with Crippen molar-refractivity contribution in [2.24, 2.45) is 23.2 Å². The molecule has 0 aliphatic heterocycles. The lowest BCUT2D eigenvalue weighted by molar-refractivity contribution is -0.0767. The van der Waals surface area contributed by atoms with E-state index in [1.165, 1.54) is 44.2 Å². The SMILES string of the molecule is CNC(C(C)c1ccccn1)C12CC3CC(CC(C3)C1)C2. The van der Waals surface area contributed by atoms with Crippen LogP contribution >= 0.6 is 0 Å². The summed E-state index contributed by atoms with van der Waals surface area (Å²) in [6.45, 7) is 2.38. The number of rotatable bonds is 4. The third-order valence-corrected chi connectivity index (χ3v) is 6.71. The Hall–Kier alpha value is -0.890. The second-order valence-corrected chi connectivity index (χ2v) is 8.09. The van der Waals surface area contributed by atoms with Crippen molar-refractivity contribution in [2.75, 3.05) is 7.05 Å². The molecule has 0 spiro atoms. The van der Waals surface area contributed by atoms with Crippen molar-refractivity contribution in [1.29, 1.82) is 0 Å². The first-order chi connectivity index (χ1) is 10.2. The Labute approximate surface area is 128 Å². The van der Waals surface area contributed by atoms with Crippen LogP contribution in [0.3, 0.4) is 0 Å². The van der Waals surface area contributed by atoms with E-state index in [0.717, 1.165) is 17.8 Å². The van der Waals surface area contributed by atoms with Crippen molar-refractivity contribution in [3.8, 4) is 0 Å². The quantitative estimate of drug-likeness (QED) is 0.904. The van der Waals surface area contributed by atoms with E-state index in [0.29, 0.717) is 17.4 Å². The molecule has 4 aliphatic carbocycles. The van der Waals surface area contributed by atoms with Crippen LogP contribution in [-0.2, 0) is 0 Å². The number of hydrogen-bond donors (Lipinski definition) is 1. The molecule has 0 radical (unpaired) electrons. The first-order valence-electron chi connectivity index (χ1n) is 8.78. The Morgan fingerprint density at radius 3 is 2.19 bits per heavy atom. The van der Waals surface area contributed by atoms with Crippen LogP contribution in [0.25, 0.3) is 0 Å². The van der Waals surface area contributed by atoms with Crippen molar-refractivity contribution >= 4 is 0 Å². The molecule has 4 fully saturated rings. The van der Waals surface area contributed by atoms with Gasteiger partial charge in [-0.3, -0.25) is 4.98 Å². The molecule has 0 amide bonds. The first kappa shape index (κ1) is 13.8. The van der Waals surface area contributed by atoms with E-state index in [9.17, 15) is 0 Å². The second kappa shape index (κ2) is 5.08. The van der Waals surface area contributed by atoms with Crippen LogP contribution in [0.2, 0.25) is 0 Å². The number of pyridine rings is 1. The molecule has 2 nitrogen and oxygen atoms in total. The Balaban J connectivity index is 1.64. The number of nitrogens with zero attached hydrogens (tertiary/aromatic N) is 1. The van der Waals surface area contributed by atoms with Gasteiger partial charge in [0.2, 0.25) is 0 Å². The number of hydrogen-bond acceptors (Lipinski definition) is 2. The predicted octanol–water partition coefficient (Wildman–Crippen LogP) is 3.99. The smallest absolute Gasteiger partial charge is 0.0447 e. The lowest BCUT2D eigenvalue weighted by atomic mass is 9.46. The van der Waals surface area contributed by atoms with Crippen LogP contribution in [0.1, 0.15) is 57.1 Å². The van der Waals surface area contributed by atoms with Gasteiger partial charge in [0, 0.05) is 23.9 Å². The molecule has 114 valence electrons. The molecule has 4 bridgehead atoms. The van der Waals surface area contributed by atoms with Crippen LogP contribution < -0.4 is 5.32 Å². The lowest BCUT2D eigenvalue weighted by Crippen LogP contribution is -2.56. The fraction of sp³-hybridized carbons (Fsp3) is 0.737. The summed E-state index contributed by atoms with van der Waals surface area (Å²) < 4.78 is 0. The van der Waals surface area contributed by atoms with Gasteiger partial charge >= 0.3 is 0 Å². The van der Waals surface area contributed by atoms with Gasteiger partial charge in [0.1, 0.15) is 0 Å². The highest BCUT2D eigenvalue weighted by molar-refractivity contribution is 5.16. The average Bonchev–Trinajstić information content (AvgIpc) is 2.47. The van der Waals surface area contributed by atoms with E-state index in [-0.39, 0.29) is 0 Å². The summed E-state index contributed by atoms with van der Waals surface area (Å²) in [5.74, 6) is 3.56. The maximum Gasteiger partial charge on any atom is 0.0447 e. The molecule has 0 aromatic carbocycles. The third kappa shape index (κ3) is 2.23. The van der Waals surface area contributed by atoms with E-state index in [4.69, 9.17) is 0 Å². The Morgan fingerprint density at radius 2 is 1.71 bits per heavy atom. The van der Waals surface area contributed by atoms with Gasteiger partial charge in [0.05, 0.1) is 0 Å². The van der Waals surface area contributed by atoms with Crippen LogP contribution in [0, 0.1) is 23.2 Å². The van der Waals surface area contributed by atoms with E-state index in [1.807, 2.05) is 12.3 Å². The van der Waals surface area contributed by atoms with Gasteiger partial charge in [-0.1, -0.05) is 13.0 Å². The zero-order chi connectivity index (χ0) is 14.4. The standard InChI is InChI=1S/C19H28N2/c1-13(17-5-3-4-6-21-17)18(20-2)19-10-14-7-15(11-19)9-16(8-14)12-19/h3-6,13-16,18,20H,7-12H2,1-2H3. The maximum absolute atomic E-state index is 4.64. The normalized spacial score (nSPS) is 40.2. The van der Waals surface area contributed by atoms with Gasteiger partial charge in [0.15, 0.2) is 0 Å². The van der Waals surface area contributed by atoms with Gasteiger partial charge in [-0.05, 0) is 80.9 Å². The van der Waals surface area contributed by atoms with Crippen molar-refractivity contribution < 1.29 is 0 Å². The van der Waals surface area contributed by atoms with E-state index >= 15 is 0 Å². The minimum Gasteiger partial charge on any atom is -0.316 e. The van der Waals surface area contributed by atoms with Gasteiger partial charge < -0.3 is 5.32 Å². The highest BCUT2D eigenvalue weighted by Crippen LogP contribution is 2.62. The summed E-state index contributed by atoms with van der Waals surface area (Å²) in [7, 11) is 2.17. The summed E-state index contributed by atoms with van der Waals surface area (Å²) in [4.78, 5) is 4.64. The largest absolute Gasteiger partial charge is 0.316 e. The van der Waals surface area contributed by atoms with Crippen molar-refractivity contribution in [1.82, 2.24) is 10.3 Å². The minimum absolute atomic E-state index is 0.507. The Kier molecular flexibility index (Phi) is 3.33. The van der Waals surface area contributed by atoms with Crippen molar-refractivity contribution in [3.05, 3.63) is 30.1 Å². The Bertz CT molecular complexity index is 460. The topological polar surface area (TPSA) is 24.9 Å². The van der Waals surface area contributed by atoms with Crippen LogP contribution in [0.4, 0.5) is 0 Å². The monoisotopic (exact) mass is 284 g/mol. The van der Waals surface area contributed by atoms with Gasteiger partial charge in [-0.25, -0.2) is 0 Å². The van der Waals surface area contributed by atoms with Crippen LogP contribution in [-0.4, -0.2) is 18.1 Å². The van der Waals surface area contributed by atoms with Crippen LogP contribution in [0.15, 0.2) is 24.4 Å². The van der Waals surface area contributed by atoms with Crippen molar-refractivity contribution in [2.45, 2.75) is 57.4 Å². The summed E-state index contributed by atoms with van der Waals surface area (Å²) in [5.41, 5.74) is 1.80. The minimum atomic E-state index is 0.507. The molecule has 5 rings (SSSR count). The molecule has 1 N–H and O–H groups in total. The van der Waals surface area contributed by atoms with Gasteiger partial charge in [-0.2, -0.15) is 0 Å². The Morgan fingerprint density at radius 1 is 1.10 bits per heavy atom. The molecule has 21 heavy (non-hydrogen) atoms. The fourth-order valence-corrected chi connectivity index (χ4v) is 6.46. The highest BCUT2D eigenvalue weighted by Gasteiger charge is 2.54. The van der Waals surface area contributed by atoms with E-state index in [2.05, 4.69) is 36.4 Å². The van der Waals surface area contributed by atoms with Gasteiger partial charge in [-0.15, -0.1) is 0 Å². The predicted molar refractivity (Wildman–Crippen MR) is 86.1 cm³/mol. The maximum atomic E-state index is 4.64. The molecule has 2 heteroatoms. The molecule has 1 aromatic heterocycles. The molecular weight excluding hydrogens is 256 g/mol. The highest BCUT2D eigenvalue weighted by atomic mass is 14.9. The second-order valence-electron chi connectivity index (χ2n) is 8.09. The van der Waals surface area contributed by atoms with Gasteiger partial charge in [0.25, 0.3) is 0 Å². The number of likely N-dealkylation sites (N-methyl/N-ethyl adjacent to an activating group) is 1. The van der Waals surface area contributed by atoms with Crippen molar-refractivity contribution in [3.63, 3.8) is 0 Å². The summed E-state index contributed by atoms with van der Waals surface area (Å²) in [6, 6.07) is 6.94. The van der Waals surface area contributed by atoms with Crippen LogP contribution in [0.5, 0.6) is 0 Å². The molecule has 4 aliphatic rings. The number of nitrogens with one attached hydrogen (secondary N) is 1. The molecule has 0 saturated heterocycles. The fourth-order valence-electron chi connectivity index (χ4n) is 6.46. The van der Waals surface area contributed by atoms with E-state index in [1.54, 1.807) is 0 Å². The summed E-state index contributed by atoms with van der Waals surface area (Å²) in [5, 5.41) is 3.72. The molecule has 1 heterocycles. The summed E-state index contributed by atoms with van der Waals surface area (Å²) in [6.07, 6.45) is 10.9. The molecular formula is C19H28N2. The average molecular weight is 284 g/mol.